The Morgan fingerprint density at radius 3 is 2.59 bits per heavy atom. The number of thiophene rings is 1. The summed E-state index contributed by atoms with van der Waals surface area (Å²) in [5, 5.41) is 21.8. The Bertz CT molecular complexity index is 847. The first-order valence-corrected chi connectivity index (χ1v) is 9.65. The maximum absolute atomic E-state index is 11.9. The lowest BCUT2D eigenvalue weighted by molar-refractivity contribution is -0.129. The van der Waals surface area contributed by atoms with Gasteiger partial charge in [-0.25, -0.2) is 4.98 Å². The molecule has 0 aliphatic carbocycles. The van der Waals surface area contributed by atoms with E-state index in [-0.39, 0.29) is 11.9 Å². The monoisotopic (exact) mass is 393 g/mol. The van der Waals surface area contributed by atoms with Crippen molar-refractivity contribution in [3.8, 4) is 0 Å². The van der Waals surface area contributed by atoms with E-state index in [0.717, 1.165) is 21.5 Å². The number of hydrogen-bond acceptors (Lipinski definition) is 8. The molecule has 1 fully saturated rings. The van der Waals surface area contributed by atoms with E-state index in [2.05, 4.69) is 33.2 Å². The van der Waals surface area contributed by atoms with Crippen molar-refractivity contribution < 1.29 is 19.8 Å². The highest BCUT2D eigenvalue weighted by Gasteiger charge is 2.24. The number of hydrogen-bond donors (Lipinski definition) is 3. The van der Waals surface area contributed by atoms with Crippen LogP contribution in [0, 0.1) is 0 Å². The molecule has 27 heavy (non-hydrogen) atoms. The van der Waals surface area contributed by atoms with Crippen LogP contribution in [0.25, 0.3) is 10.2 Å². The first kappa shape index (κ1) is 19.5. The SMILES string of the molecule is CCc1cc2c(N3CCN(C(C)=O)CC3)nc(NC(=O)[C@@H](O)CO)nc2s1. The van der Waals surface area contributed by atoms with Crippen molar-refractivity contribution in [3.63, 3.8) is 0 Å². The van der Waals surface area contributed by atoms with Crippen molar-refractivity contribution in [3.05, 3.63) is 10.9 Å². The van der Waals surface area contributed by atoms with Gasteiger partial charge in [0.15, 0.2) is 6.10 Å². The van der Waals surface area contributed by atoms with Crippen molar-refractivity contribution in [1.82, 2.24) is 14.9 Å². The minimum absolute atomic E-state index is 0.0530. The summed E-state index contributed by atoms with van der Waals surface area (Å²) in [5.41, 5.74) is 0. The molecular weight excluding hydrogens is 370 g/mol. The summed E-state index contributed by atoms with van der Waals surface area (Å²) in [4.78, 5) is 38.1. The van der Waals surface area contributed by atoms with Crippen molar-refractivity contribution >= 4 is 45.1 Å². The Labute approximate surface area is 160 Å². The molecule has 2 aromatic heterocycles. The summed E-state index contributed by atoms with van der Waals surface area (Å²) in [5.74, 6) is 0.0927. The molecule has 3 rings (SSSR count). The number of fused-ring (bicyclic) bond motifs is 1. The average Bonchev–Trinajstić information content (AvgIpc) is 3.09. The summed E-state index contributed by atoms with van der Waals surface area (Å²) in [6, 6.07) is 2.06. The second-order valence-corrected chi connectivity index (χ2v) is 7.45. The topological polar surface area (TPSA) is 119 Å². The third kappa shape index (κ3) is 4.18. The molecule has 0 unspecified atom stereocenters. The van der Waals surface area contributed by atoms with Crippen LogP contribution in [0.15, 0.2) is 6.07 Å². The molecule has 1 saturated heterocycles. The maximum Gasteiger partial charge on any atom is 0.257 e. The average molecular weight is 393 g/mol. The number of aliphatic hydroxyl groups is 2. The number of anilines is 2. The Morgan fingerprint density at radius 2 is 2.00 bits per heavy atom. The summed E-state index contributed by atoms with van der Waals surface area (Å²) < 4.78 is 0. The van der Waals surface area contributed by atoms with Crippen molar-refractivity contribution in [1.29, 1.82) is 0 Å². The number of aryl methyl sites for hydroxylation is 1. The number of rotatable bonds is 5. The second kappa shape index (κ2) is 8.15. The fraction of sp³-hybridized carbons (Fsp3) is 0.529. The van der Waals surface area contributed by atoms with Crippen LogP contribution >= 0.6 is 11.3 Å². The molecule has 0 spiro atoms. The van der Waals surface area contributed by atoms with E-state index < -0.39 is 18.6 Å². The molecule has 1 aliphatic heterocycles. The number of piperazine rings is 1. The number of aliphatic hydroxyl groups excluding tert-OH is 2. The van der Waals surface area contributed by atoms with E-state index in [1.54, 1.807) is 11.8 Å². The van der Waals surface area contributed by atoms with Gasteiger partial charge in [0.25, 0.3) is 5.91 Å². The van der Waals surface area contributed by atoms with Gasteiger partial charge in [-0.1, -0.05) is 6.92 Å². The van der Waals surface area contributed by atoms with Gasteiger partial charge in [-0.05, 0) is 12.5 Å². The molecule has 0 aromatic carbocycles. The molecule has 2 amide bonds. The first-order chi connectivity index (χ1) is 12.9. The van der Waals surface area contributed by atoms with Gasteiger partial charge in [-0.3, -0.25) is 14.9 Å². The molecular formula is C17H23N5O4S. The van der Waals surface area contributed by atoms with Gasteiger partial charge < -0.3 is 20.0 Å². The highest BCUT2D eigenvalue weighted by molar-refractivity contribution is 7.18. The summed E-state index contributed by atoms with van der Waals surface area (Å²) in [7, 11) is 0. The molecule has 146 valence electrons. The van der Waals surface area contributed by atoms with Crippen LogP contribution in [0.1, 0.15) is 18.7 Å². The van der Waals surface area contributed by atoms with Crippen LogP contribution < -0.4 is 10.2 Å². The van der Waals surface area contributed by atoms with Crippen molar-refractivity contribution in [2.45, 2.75) is 26.4 Å². The van der Waals surface area contributed by atoms with E-state index in [4.69, 9.17) is 5.11 Å². The predicted octanol–water partition coefficient (Wildman–Crippen LogP) is 0.214. The van der Waals surface area contributed by atoms with E-state index in [9.17, 15) is 14.7 Å². The lowest BCUT2D eigenvalue weighted by Gasteiger charge is -2.35. The zero-order valence-electron chi connectivity index (χ0n) is 15.3. The molecule has 1 atom stereocenters. The number of nitrogens with zero attached hydrogens (tertiary/aromatic N) is 4. The van der Waals surface area contributed by atoms with Crippen LogP contribution in [-0.2, 0) is 16.0 Å². The molecule has 3 N–H and O–H groups in total. The maximum atomic E-state index is 11.9. The Morgan fingerprint density at radius 1 is 1.30 bits per heavy atom. The summed E-state index contributed by atoms with van der Waals surface area (Å²) in [6.45, 7) is 5.43. The minimum Gasteiger partial charge on any atom is -0.393 e. The molecule has 1 aliphatic rings. The highest BCUT2D eigenvalue weighted by atomic mass is 32.1. The van der Waals surface area contributed by atoms with Gasteiger partial charge in [0.05, 0.1) is 12.0 Å². The third-order valence-electron chi connectivity index (χ3n) is 4.51. The standard InChI is InChI=1S/C17H23N5O4S/c1-3-11-8-12-14(22-6-4-21(5-7-22)10(2)24)18-17(20-16(12)27-11)19-15(26)13(25)9-23/h8,13,23,25H,3-7,9H2,1-2H3,(H,18,19,20,26)/t13-/m0/s1. The number of nitrogens with one attached hydrogen (secondary N) is 1. The van der Waals surface area contributed by atoms with Crippen LogP contribution in [0.4, 0.5) is 11.8 Å². The highest BCUT2D eigenvalue weighted by Crippen LogP contribution is 2.33. The molecule has 10 heteroatoms. The number of carbonyl (C=O) groups is 2. The largest absolute Gasteiger partial charge is 0.393 e. The Hall–Kier alpha value is -2.30. The van der Waals surface area contributed by atoms with Gasteiger partial charge in [-0.2, -0.15) is 4.98 Å². The van der Waals surface area contributed by atoms with Crippen molar-refractivity contribution in [2.24, 2.45) is 0 Å². The minimum atomic E-state index is -1.53. The quantitative estimate of drug-likeness (QED) is 0.665. The number of carbonyl (C=O) groups excluding carboxylic acids is 2. The molecule has 9 nitrogen and oxygen atoms in total. The lowest BCUT2D eigenvalue weighted by Crippen LogP contribution is -2.48. The second-order valence-electron chi connectivity index (χ2n) is 6.34. The van der Waals surface area contributed by atoms with Gasteiger partial charge >= 0.3 is 0 Å². The van der Waals surface area contributed by atoms with Crippen LogP contribution in [0.3, 0.4) is 0 Å². The normalized spacial score (nSPS) is 15.9. The number of amides is 2. The van der Waals surface area contributed by atoms with Crippen molar-refractivity contribution in [2.75, 3.05) is 43.0 Å². The van der Waals surface area contributed by atoms with Crippen LogP contribution in [-0.4, -0.2) is 75.8 Å². The third-order valence-corrected chi connectivity index (χ3v) is 5.68. The molecule has 0 radical (unpaired) electrons. The van der Waals surface area contributed by atoms with Crippen LogP contribution in [0.2, 0.25) is 0 Å². The fourth-order valence-corrected chi connectivity index (χ4v) is 3.90. The van der Waals surface area contributed by atoms with E-state index in [0.29, 0.717) is 32.0 Å². The van der Waals surface area contributed by atoms with Crippen LogP contribution in [0.5, 0.6) is 0 Å². The van der Waals surface area contributed by atoms with E-state index >= 15 is 0 Å². The van der Waals surface area contributed by atoms with Gasteiger partial charge in [0.2, 0.25) is 11.9 Å². The van der Waals surface area contributed by atoms with E-state index in [1.165, 1.54) is 11.3 Å². The molecule has 0 bridgehead atoms. The summed E-state index contributed by atoms with van der Waals surface area (Å²) in [6.07, 6.45) is -0.662. The number of aromatic nitrogens is 2. The van der Waals surface area contributed by atoms with Gasteiger partial charge in [0.1, 0.15) is 10.6 Å². The molecule has 0 saturated carbocycles. The first-order valence-electron chi connectivity index (χ1n) is 8.83. The summed E-state index contributed by atoms with van der Waals surface area (Å²) >= 11 is 1.53. The fourth-order valence-electron chi connectivity index (χ4n) is 2.94. The van der Waals surface area contributed by atoms with E-state index in [1.807, 2.05) is 0 Å². The Kier molecular flexibility index (Phi) is 5.88. The molecule has 2 aromatic rings. The van der Waals surface area contributed by atoms with Gasteiger partial charge in [0, 0.05) is 38.0 Å². The zero-order valence-corrected chi connectivity index (χ0v) is 16.1. The van der Waals surface area contributed by atoms with Gasteiger partial charge in [-0.15, -0.1) is 11.3 Å². The predicted molar refractivity (Wildman–Crippen MR) is 103 cm³/mol. The zero-order chi connectivity index (χ0) is 19.6. The molecule has 3 heterocycles. The smallest absolute Gasteiger partial charge is 0.257 e. The lowest BCUT2D eigenvalue weighted by atomic mass is 10.2. The Balaban J connectivity index is 1.93.